The van der Waals surface area contributed by atoms with Gasteiger partial charge in [0.15, 0.2) is 0 Å². The Morgan fingerprint density at radius 2 is 2.39 bits per heavy atom. The van der Waals surface area contributed by atoms with Crippen LogP contribution < -0.4 is 5.32 Å². The minimum absolute atomic E-state index is 0.672. The Morgan fingerprint density at radius 3 is 3.17 bits per heavy atom. The Balaban J connectivity index is 1.67. The van der Waals surface area contributed by atoms with E-state index in [1.54, 1.807) is 11.3 Å². The van der Waals surface area contributed by atoms with Crippen molar-refractivity contribution >= 4 is 11.3 Å². The summed E-state index contributed by atoms with van der Waals surface area (Å²) in [5.41, 5.74) is 1.08. The second-order valence-electron chi connectivity index (χ2n) is 5.42. The molecule has 0 aliphatic heterocycles. The van der Waals surface area contributed by atoms with E-state index < -0.39 is 0 Å². The van der Waals surface area contributed by atoms with E-state index in [-0.39, 0.29) is 0 Å². The highest BCUT2D eigenvalue weighted by molar-refractivity contribution is 7.09. The maximum atomic E-state index is 5.82. The number of nitrogens with one attached hydrogen (secondary N) is 1. The van der Waals surface area contributed by atoms with E-state index in [1.807, 2.05) is 7.05 Å². The van der Waals surface area contributed by atoms with E-state index >= 15 is 0 Å². The Kier molecular flexibility index (Phi) is 5.60. The van der Waals surface area contributed by atoms with Crippen LogP contribution in [-0.4, -0.2) is 18.6 Å². The lowest BCUT2D eigenvalue weighted by atomic mass is 9.83. The van der Waals surface area contributed by atoms with Crippen LogP contribution in [0.15, 0.2) is 5.38 Å². The van der Waals surface area contributed by atoms with Gasteiger partial charge in [-0.3, -0.25) is 0 Å². The number of rotatable bonds is 6. The molecule has 102 valence electrons. The fraction of sp³-hybridized carbons (Fsp3) is 0.786. The summed E-state index contributed by atoms with van der Waals surface area (Å²) in [5.74, 6) is 1.65. The number of ether oxygens (including phenoxy) is 1. The lowest BCUT2D eigenvalue weighted by Crippen LogP contribution is -2.18. The molecule has 0 radical (unpaired) electrons. The molecule has 1 saturated carbocycles. The molecular formula is C14H24N2OS. The van der Waals surface area contributed by atoms with Gasteiger partial charge in [-0.1, -0.05) is 19.8 Å². The van der Waals surface area contributed by atoms with Crippen molar-refractivity contribution in [2.24, 2.45) is 11.8 Å². The normalized spacial score (nSPS) is 24.3. The van der Waals surface area contributed by atoms with Crippen LogP contribution in [-0.2, 0) is 17.9 Å². The topological polar surface area (TPSA) is 34.2 Å². The van der Waals surface area contributed by atoms with Crippen molar-refractivity contribution in [3.05, 3.63) is 16.1 Å². The second-order valence-corrected chi connectivity index (χ2v) is 6.36. The molecule has 1 fully saturated rings. The van der Waals surface area contributed by atoms with Crippen LogP contribution in [0.3, 0.4) is 0 Å². The quantitative estimate of drug-likeness (QED) is 0.860. The molecule has 3 nitrogen and oxygen atoms in total. The highest BCUT2D eigenvalue weighted by Gasteiger charge is 2.18. The van der Waals surface area contributed by atoms with Crippen LogP contribution in [0.1, 0.15) is 43.3 Å². The first-order valence-corrected chi connectivity index (χ1v) is 7.81. The predicted octanol–water partition coefficient (Wildman–Crippen LogP) is 3.21. The van der Waals surface area contributed by atoms with Gasteiger partial charge in [0.2, 0.25) is 0 Å². The summed E-state index contributed by atoms with van der Waals surface area (Å²) in [4.78, 5) is 4.53. The summed E-state index contributed by atoms with van der Waals surface area (Å²) in [6.45, 7) is 4.79. The molecule has 0 amide bonds. The number of aromatic nitrogens is 1. The minimum Gasteiger partial charge on any atom is -0.375 e. The SMILES string of the molecule is CNCc1nc(COCC2CCCC(C)C2)cs1. The van der Waals surface area contributed by atoms with Crippen LogP contribution in [0.2, 0.25) is 0 Å². The van der Waals surface area contributed by atoms with Crippen molar-refractivity contribution < 1.29 is 4.74 Å². The molecule has 4 heteroatoms. The predicted molar refractivity (Wildman–Crippen MR) is 75.7 cm³/mol. The molecule has 2 atom stereocenters. The number of hydrogen-bond acceptors (Lipinski definition) is 4. The van der Waals surface area contributed by atoms with Crippen LogP contribution in [0.4, 0.5) is 0 Å². The highest BCUT2D eigenvalue weighted by Crippen LogP contribution is 2.28. The molecule has 18 heavy (non-hydrogen) atoms. The summed E-state index contributed by atoms with van der Waals surface area (Å²) >= 11 is 1.71. The minimum atomic E-state index is 0.672. The summed E-state index contributed by atoms with van der Waals surface area (Å²) in [6.07, 6.45) is 5.45. The van der Waals surface area contributed by atoms with Crippen LogP contribution in [0.25, 0.3) is 0 Å². The maximum Gasteiger partial charge on any atom is 0.107 e. The highest BCUT2D eigenvalue weighted by atomic mass is 32.1. The third kappa shape index (κ3) is 4.34. The Morgan fingerprint density at radius 1 is 1.50 bits per heavy atom. The lowest BCUT2D eigenvalue weighted by Gasteiger charge is -2.26. The molecule has 1 aliphatic rings. The van der Waals surface area contributed by atoms with Crippen molar-refractivity contribution in [1.82, 2.24) is 10.3 Å². The second kappa shape index (κ2) is 7.22. The van der Waals surface area contributed by atoms with E-state index in [2.05, 4.69) is 22.6 Å². The molecule has 1 aromatic heterocycles. The van der Waals surface area contributed by atoms with Gasteiger partial charge >= 0.3 is 0 Å². The van der Waals surface area contributed by atoms with Crippen molar-refractivity contribution in [3.8, 4) is 0 Å². The van der Waals surface area contributed by atoms with Gasteiger partial charge in [0.1, 0.15) is 5.01 Å². The molecule has 1 heterocycles. The first-order chi connectivity index (χ1) is 8.78. The zero-order valence-corrected chi connectivity index (χ0v) is 12.3. The Hall–Kier alpha value is -0.450. The van der Waals surface area contributed by atoms with Crippen molar-refractivity contribution in [2.45, 2.75) is 45.8 Å². The van der Waals surface area contributed by atoms with E-state index in [0.29, 0.717) is 6.61 Å². The summed E-state index contributed by atoms with van der Waals surface area (Å²) in [5, 5.41) is 6.37. The number of hydrogen-bond donors (Lipinski definition) is 1. The Labute approximate surface area is 114 Å². The van der Waals surface area contributed by atoms with E-state index in [4.69, 9.17) is 4.74 Å². The molecule has 2 unspecified atom stereocenters. The van der Waals surface area contributed by atoms with Crippen molar-refractivity contribution in [2.75, 3.05) is 13.7 Å². The van der Waals surface area contributed by atoms with Gasteiger partial charge in [0, 0.05) is 18.5 Å². The smallest absolute Gasteiger partial charge is 0.107 e. The van der Waals surface area contributed by atoms with Gasteiger partial charge in [0.25, 0.3) is 0 Å². The molecule has 1 aliphatic carbocycles. The number of thiazole rings is 1. The zero-order valence-electron chi connectivity index (χ0n) is 11.4. The molecule has 1 N–H and O–H groups in total. The van der Waals surface area contributed by atoms with Crippen LogP contribution in [0, 0.1) is 11.8 Å². The zero-order chi connectivity index (χ0) is 12.8. The third-order valence-corrected chi connectivity index (χ3v) is 4.47. The molecular weight excluding hydrogens is 244 g/mol. The third-order valence-electron chi connectivity index (χ3n) is 3.58. The van der Waals surface area contributed by atoms with Gasteiger partial charge in [-0.15, -0.1) is 11.3 Å². The largest absolute Gasteiger partial charge is 0.375 e. The Bertz CT molecular complexity index is 353. The van der Waals surface area contributed by atoms with Gasteiger partial charge < -0.3 is 10.1 Å². The monoisotopic (exact) mass is 268 g/mol. The van der Waals surface area contributed by atoms with Crippen LogP contribution in [0.5, 0.6) is 0 Å². The molecule has 0 aromatic carbocycles. The average Bonchev–Trinajstić information content (AvgIpc) is 2.78. The molecule has 0 saturated heterocycles. The lowest BCUT2D eigenvalue weighted by molar-refractivity contribution is 0.0642. The van der Waals surface area contributed by atoms with Crippen molar-refractivity contribution in [1.29, 1.82) is 0 Å². The first kappa shape index (κ1) is 14.0. The molecule has 1 aromatic rings. The van der Waals surface area contributed by atoms with Crippen molar-refractivity contribution in [3.63, 3.8) is 0 Å². The van der Waals surface area contributed by atoms with Gasteiger partial charge in [-0.25, -0.2) is 4.98 Å². The fourth-order valence-corrected chi connectivity index (χ4v) is 3.48. The summed E-state index contributed by atoms with van der Waals surface area (Å²) < 4.78 is 5.82. The van der Waals surface area contributed by atoms with E-state index in [1.165, 1.54) is 25.7 Å². The first-order valence-electron chi connectivity index (χ1n) is 6.93. The van der Waals surface area contributed by atoms with Crippen LogP contribution >= 0.6 is 11.3 Å². The summed E-state index contributed by atoms with van der Waals surface area (Å²) in [6, 6.07) is 0. The maximum absolute atomic E-state index is 5.82. The van der Waals surface area contributed by atoms with E-state index in [9.17, 15) is 0 Å². The molecule has 0 spiro atoms. The average molecular weight is 268 g/mol. The van der Waals surface area contributed by atoms with Gasteiger partial charge in [-0.2, -0.15) is 0 Å². The summed E-state index contributed by atoms with van der Waals surface area (Å²) in [7, 11) is 1.95. The fourth-order valence-electron chi connectivity index (χ4n) is 2.69. The standard InChI is InChI=1S/C14H24N2OS/c1-11-4-3-5-12(6-11)8-17-9-13-10-18-14(16-13)7-15-2/h10-12,15H,3-9H2,1-2H3. The number of nitrogens with zero attached hydrogens (tertiary/aromatic N) is 1. The van der Waals surface area contributed by atoms with Gasteiger partial charge in [-0.05, 0) is 31.7 Å². The molecule has 2 rings (SSSR count). The van der Waals surface area contributed by atoms with E-state index in [0.717, 1.165) is 35.7 Å². The molecule has 0 bridgehead atoms. The van der Waals surface area contributed by atoms with Gasteiger partial charge in [0.05, 0.1) is 12.3 Å².